The van der Waals surface area contributed by atoms with Gasteiger partial charge < -0.3 is 15.2 Å². The van der Waals surface area contributed by atoms with E-state index < -0.39 is 17.4 Å². The van der Waals surface area contributed by atoms with Crippen molar-refractivity contribution in [2.24, 2.45) is 0 Å². The quantitative estimate of drug-likeness (QED) is 0.847. The van der Waals surface area contributed by atoms with E-state index in [0.29, 0.717) is 31.7 Å². The van der Waals surface area contributed by atoms with E-state index in [1.807, 2.05) is 30.3 Å². The van der Waals surface area contributed by atoms with Crippen LogP contribution in [0.15, 0.2) is 30.3 Å². The van der Waals surface area contributed by atoms with Gasteiger partial charge in [-0.25, -0.2) is 4.68 Å². The molecule has 1 aliphatic heterocycles. The van der Waals surface area contributed by atoms with Crippen LogP contribution < -0.4 is 5.32 Å². The van der Waals surface area contributed by atoms with Crippen LogP contribution in [0.5, 0.6) is 0 Å². The predicted molar refractivity (Wildman–Crippen MR) is 88.6 cm³/mol. The van der Waals surface area contributed by atoms with Gasteiger partial charge in [0.05, 0.1) is 23.3 Å². The van der Waals surface area contributed by atoms with Crippen LogP contribution >= 0.6 is 0 Å². The summed E-state index contributed by atoms with van der Waals surface area (Å²) in [5.74, 6) is -1.37. The van der Waals surface area contributed by atoms with Crippen molar-refractivity contribution in [3.05, 3.63) is 41.7 Å². The molecule has 132 valence electrons. The number of carbonyl (C=O) groups excluding carboxylic acids is 1. The molecular formula is C17H20N4O4. The number of hydrogen-bond acceptors (Lipinski definition) is 5. The van der Waals surface area contributed by atoms with Crippen LogP contribution in [0, 0.1) is 6.92 Å². The van der Waals surface area contributed by atoms with Crippen molar-refractivity contribution in [1.82, 2.24) is 20.3 Å². The number of rotatable bonds is 5. The molecule has 1 fully saturated rings. The molecule has 2 heterocycles. The molecule has 8 nitrogen and oxygen atoms in total. The molecule has 0 atom stereocenters. The number of para-hydroxylation sites is 1. The fourth-order valence-electron chi connectivity index (χ4n) is 3.05. The zero-order valence-corrected chi connectivity index (χ0v) is 13.9. The van der Waals surface area contributed by atoms with E-state index in [9.17, 15) is 14.7 Å². The van der Waals surface area contributed by atoms with Crippen LogP contribution in [0.4, 0.5) is 0 Å². The summed E-state index contributed by atoms with van der Waals surface area (Å²) in [5.41, 5.74) is 0.781. The van der Waals surface area contributed by atoms with Gasteiger partial charge in [0.2, 0.25) is 0 Å². The first-order valence-corrected chi connectivity index (χ1v) is 8.10. The molecule has 1 aliphatic rings. The number of carboxylic acids is 1. The fourth-order valence-corrected chi connectivity index (χ4v) is 3.05. The highest BCUT2D eigenvalue weighted by Gasteiger charge is 2.37. The maximum Gasteiger partial charge on any atom is 0.305 e. The Morgan fingerprint density at radius 1 is 1.28 bits per heavy atom. The molecule has 1 aromatic carbocycles. The van der Waals surface area contributed by atoms with Crippen molar-refractivity contribution in [1.29, 1.82) is 0 Å². The zero-order valence-electron chi connectivity index (χ0n) is 13.9. The van der Waals surface area contributed by atoms with E-state index in [1.54, 1.807) is 11.6 Å². The molecule has 0 radical (unpaired) electrons. The molecule has 2 N–H and O–H groups in total. The third-order valence-electron chi connectivity index (χ3n) is 4.43. The Hall–Kier alpha value is -2.74. The third-order valence-corrected chi connectivity index (χ3v) is 4.43. The molecule has 25 heavy (non-hydrogen) atoms. The summed E-state index contributed by atoms with van der Waals surface area (Å²) in [6.07, 6.45) is 0.766. The van der Waals surface area contributed by atoms with Gasteiger partial charge >= 0.3 is 5.97 Å². The molecule has 0 bridgehead atoms. The molecule has 1 saturated heterocycles. The van der Waals surface area contributed by atoms with Crippen molar-refractivity contribution in [2.75, 3.05) is 13.2 Å². The maximum atomic E-state index is 12.7. The summed E-state index contributed by atoms with van der Waals surface area (Å²) < 4.78 is 6.89. The van der Waals surface area contributed by atoms with Gasteiger partial charge in [-0.2, -0.15) is 0 Å². The average molecular weight is 344 g/mol. The summed E-state index contributed by atoms with van der Waals surface area (Å²) in [5, 5.41) is 20.1. The number of nitrogens with zero attached hydrogens (tertiary/aromatic N) is 3. The Labute approximate surface area is 144 Å². The number of hydrogen-bond donors (Lipinski definition) is 2. The lowest BCUT2D eigenvalue weighted by Crippen LogP contribution is -2.53. The Kier molecular flexibility index (Phi) is 4.80. The van der Waals surface area contributed by atoms with Crippen molar-refractivity contribution in [3.63, 3.8) is 0 Å². The van der Waals surface area contributed by atoms with Crippen LogP contribution in [0.2, 0.25) is 0 Å². The number of nitrogens with one attached hydrogen (secondary N) is 1. The third kappa shape index (κ3) is 3.69. The molecule has 0 saturated carbocycles. The van der Waals surface area contributed by atoms with Gasteiger partial charge in [0.15, 0.2) is 5.69 Å². The lowest BCUT2D eigenvalue weighted by atomic mass is 9.86. The van der Waals surface area contributed by atoms with Crippen molar-refractivity contribution in [3.8, 4) is 5.69 Å². The van der Waals surface area contributed by atoms with Gasteiger partial charge in [-0.15, -0.1) is 5.10 Å². The maximum absolute atomic E-state index is 12.7. The molecule has 0 unspecified atom stereocenters. The Morgan fingerprint density at radius 3 is 2.60 bits per heavy atom. The number of ether oxygens (including phenoxy) is 1. The normalized spacial score (nSPS) is 16.4. The summed E-state index contributed by atoms with van der Waals surface area (Å²) >= 11 is 0. The number of aromatic nitrogens is 3. The SMILES string of the molecule is Cc1c(C(=O)NC2(CC(=O)O)CCOCC2)nnn1-c1ccccc1. The predicted octanol–water partition coefficient (Wildman–Crippen LogP) is 1.33. The van der Waals surface area contributed by atoms with Crippen LogP contribution in [0.25, 0.3) is 5.69 Å². The summed E-state index contributed by atoms with van der Waals surface area (Å²) in [6.45, 7) is 2.60. The fraction of sp³-hybridized carbons (Fsp3) is 0.412. The minimum atomic E-state index is -0.952. The van der Waals surface area contributed by atoms with E-state index in [1.165, 1.54) is 0 Å². The van der Waals surface area contributed by atoms with E-state index in [4.69, 9.17) is 4.74 Å². The molecule has 0 spiro atoms. The molecule has 8 heteroatoms. The smallest absolute Gasteiger partial charge is 0.305 e. The van der Waals surface area contributed by atoms with E-state index in [-0.39, 0.29) is 12.1 Å². The second-order valence-electron chi connectivity index (χ2n) is 6.19. The highest BCUT2D eigenvalue weighted by molar-refractivity contribution is 5.94. The van der Waals surface area contributed by atoms with Crippen molar-refractivity contribution in [2.45, 2.75) is 31.7 Å². The number of aliphatic carboxylic acids is 1. The largest absolute Gasteiger partial charge is 0.481 e. The van der Waals surface area contributed by atoms with Gasteiger partial charge in [0.1, 0.15) is 0 Å². The van der Waals surface area contributed by atoms with Crippen LogP contribution in [0.1, 0.15) is 35.4 Å². The van der Waals surface area contributed by atoms with Crippen LogP contribution in [0.3, 0.4) is 0 Å². The monoisotopic (exact) mass is 344 g/mol. The molecule has 1 amide bonds. The first-order chi connectivity index (χ1) is 12.0. The number of benzene rings is 1. The molecule has 3 rings (SSSR count). The Morgan fingerprint density at radius 2 is 1.96 bits per heavy atom. The summed E-state index contributed by atoms with van der Waals surface area (Å²) in [7, 11) is 0. The van der Waals surface area contributed by atoms with E-state index in [0.717, 1.165) is 5.69 Å². The lowest BCUT2D eigenvalue weighted by molar-refractivity contribution is -0.139. The Balaban J connectivity index is 1.83. The molecule has 2 aromatic rings. The van der Waals surface area contributed by atoms with Gasteiger partial charge in [0.25, 0.3) is 5.91 Å². The molecule has 0 aliphatic carbocycles. The second-order valence-corrected chi connectivity index (χ2v) is 6.19. The first-order valence-electron chi connectivity index (χ1n) is 8.10. The van der Waals surface area contributed by atoms with Gasteiger partial charge in [-0.3, -0.25) is 9.59 Å². The highest BCUT2D eigenvalue weighted by atomic mass is 16.5. The summed E-state index contributed by atoms with van der Waals surface area (Å²) in [6, 6.07) is 9.38. The van der Waals surface area contributed by atoms with Crippen LogP contribution in [-0.2, 0) is 9.53 Å². The Bertz CT molecular complexity index is 766. The second kappa shape index (κ2) is 7.02. The van der Waals surface area contributed by atoms with Crippen LogP contribution in [-0.4, -0.2) is 50.7 Å². The highest BCUT2D eigenvalue weighted by Crippen LogP contribution is 2.25. The summed E-state index contributed by atoms with van der Waals surface area (Å²) in [4.78, 5) is 23.9. The molecule has 1 aromatic heterocycles. The lowest BCUT2D eigenvalue weighted by Gasteiger charge is -2.36. The standard InChI is InChI=1S/C17H20N4O4/c1-12-15(19-20-21(12)13-5-3-2-4-6-13)16(24)18-17(11-14(22)23)7-9-25-10-8-17/h2-6H,7-11H2,1H3,(H,18,24)(H,22,23). The topological polar surface area (TPSA) is 106 Å². The van der Waals surface area contributed by atoms with Gasteiger partial charge in [-0.05, 0) is 31.9 Å². The number of carbonyl (C=O) groups is 2. The van der Waals surface area contributed by atoms with E-state index in [2.05, 4.69) is 15.6 Å². The number of amides is 1. The minimum absolute atomic E-state index is 0.145. The first kappa shape index (κ1) is 17.1. The van der Waals surface area contributed by atoms with E-state index >= 15 is 0 Å². The van der Waals surface area contributed by atoms with Gasteiger partial charge in [-0.1, -0.05) is 23.4 Å². The van der Waals surface area contributed by atoms with Crippen molar-refractivity contribution >= 4 is 11.9 Å². The number of carboxylic acid groups (broad SMARTS) is 1. The van der Waals surface area contributed by atoms with Gasteiger partial charge in [0, 0.05) is 13.2 Å². The molecular weight excluding hydrogens is 324 g/mol. The van der Waals surface area contributed by atoms with Crippen molar-refractivity contribution < 1.29 is 19.4 Å². The average Bonchev–Trinajstić information content (AvgIpc) is 2.97. The minimum Gasteiger partial charge on any atom is -0.481 e. The zero-order chi connectivity index (χ0) is 17.9.